The van der Waals surface area contributed by atoms with Gasteiger partial charge in [-0.2, -0.15) is 0 Å². The van der Waals surface area contributed by atoms with Crippen LogP contribution in [0.15, 0.2) is 6.20 Å². The van der Waals surface area contributed by atoms with Gasteiger partial charge in [0, 0.05) is 13.1 Å². The van der Waals surface area contributed by atoms with Gasteiger partial charge in [0.1, 0.15) is 11.0 Å². The van der Waals surface area contributed by atoms with E-state index in [0.717, 1.165) is 5.13 Å². The summed E-state index contributed by atoms with van der Waals surface area (Å²) >= 11 is 1.39. The average molecular weight is 256 g/mol. The number of nitrogen functional groups attached to an aromatic ring is 1. The van der Waals surface area contributed by atoms with Crippen LogP contribution in [-0.4, -0.2) is 43.2 Å². The minimum absolute atomic E-state index is 0.0269. The van der Waals surface area contributed by atoms with Crippen molar-refractivity contribution < 1.29 is 9.53 Å². The van der Waals surface area contributed by atoms with Gasteiger partial charge >= 0.3 is 0 Å². The Bertz CT molecular complexity index is 395. The molecule has 1 atom stereocenters. The molecule has 94 valence electrons. The van der Waals surface area contributed by atoms with Gasteiger partial charge in [0.05, 0.1) is 19.4 Å². The number of amides is 1. The van der Waals surface area contributed by atoms with Gasteiger partial charge in [0.2, 0.25) is 5.91 Å². The zero-order valence-electron chi connectivity index (χ0n) is 9.68. The number of carbonyl (C=O) groups excluding carboxylic acids is 1. The molecule has 0 radical (unpaired) electrons. The Labute approximate surface area is 104 Å². The number of hydrogen-bond acceptors (Lipinski definition) is 6. The maximum Gasteiger partial charge on any atom is 0.245 e. The van der Waals surface area contributed by atoms with E-state index in [-0.39, 0.29) is 11.9 Å². The van der Waals surface area contributed by atoms with Crippen LogP contribution in [0.2, 0.25) is 0 Å². The van der Waals surface area contributed by atoms with Crippen LogP contribution in [0.25, 0.3) is 0 Å². The first-order valence-corrected chi connectivity index (χ1v) is 6.37. The first-order valence-electron chi connectivity index (χ1n) is 5.55. The number of nitrogens with zero attached hydrogens (tertiary/aromatic N) is 2. The molecule has 17 heavy (non-hydrogen) atoms. The number of rotatable bonds is 3. The Kier molecular flexibility index (Phi) is 3.80. The van der Waals surface area contributed by atoms with Gasteiger partial charge in [-0.25, -0.2) is 4.98 Å². The van der Waals surface area contributed by atoms with E-state index in [4.69, 9.17) is 10.5 Å². The molecule has 1 aliphatic heterocycles. The van der Waals surface area contributed by atoms with Crippen LogP contribution in [0, 0.1) is 0 Å². The van der Waals surface area contributed by atoms with E-state index in [0.29, 0.717) is 31.3 Å². The molecule has 1 fully saturated rings. The fourth-order valence-corrected chi connectivity index (χ4v) is 2.51. The van der Waals surface area contributed by atoms with Gasteiger partial charge in [0.15, 0.2) is 5.13 Å². The predicted octanol–water partition coefficient (Wildman–Crippen LogP) is 0.0666. The average Bonchev–Trinajstić information content (AvgIpc) is 2.76. The number of anilines is 2. The smallest absolute Gasteiger partial charge is 0.245 e. The summed E-state index contributed by atoms with van der Waals surface area (Å²) in [6.45, 7) is 4.17. The number of likely N-dealkylation sites (N-methyl/N-ethyl adjacent to an activating group) is 1. The summed E-state index contributed by atoms with van der Waals surface area (Å²) in [7, 11) is 0. The lowest BCUT2D eigenvalue weighted by atomic mass is 10.2. The Hall–Kier alpha value is -1.34. The summed E-state index contributed by atoms with van der Waals surface area (Å²) < 4.78 is 5.35. The fourth-order valence-electron chi connectivity index (χ4n) is 1.75. The number of thiazole rings is 1. The second-order valence-corrected chi connectivity index (χ2v) is 4.76. The monoisotopic (exact) mass is 256 g/mol. The highest BCUT2D eigenvalue weighted by Crippen LogP contribution is 2.27. The van der Waals surface area contributed by atoms with Gasteiger partial charge in [-0.1, -0.05) is 11.3 Å². The van der Waals surface area contributed by atoms with Gasteiger partial charge in [-0.05, 0) is 6.92 Å². The largest absolute Gasteiger partial charge is 0.389 e. The number of nitrogens with one attached hydrogen (secondary N) is 1. The molecule has 1 amide bonds. The molecule has 1 aliphatic rings. The molecule has 0 aliphatic carbocycles. The second kappa shape index (κ2) is 5.33. The highest BCUT2D eigenvalue weighted by molar-refractivity contribution is 7.19. The SMILES string of the molecule is CCNC(=O)C1COCCN1c1ncc(N)s1. The molecule has 1 aromatic rings. The lowest BCUT2D eigenvalue weighted by molar-refractivity contribution is -0.124. The quantitative estimate of drug-likeness (QED) is 0.799. The highest BCUT2D eigenvalue weighted by Gasteiger charge is 2.30. The summed E-state index contributed by atoms with van der Waals surface area (Å²) in [4.78, 5) is 18.1. The zero-order valence-corrected chi connectivity index (χ0v) is 10.5. The lowest BCUT2D eigenvalue weighted by Crippen LogP contribution is -2.54. The van der Waals surface area contributed by atoms with E-state index in [1.807, 2.05) is 11.8 Å². The molecule has 1 saturated heterocycles. The molecule has 0 aromatic carbocycles. The van der Waals surface area contributed by atoms with Crippen molar-refractivity contribution in [3.05, 3.63) is 6.20 Å². The Morgan fingerprint density at radius 1 is 1.82 bits per heavy atom. The molecule has 0 spiro atoms. The molecule has 0 saturated carbocycles. The molecular formula is C10H16N4O2S. The first-order chi connectivity index (χ1) is 8.22. The molecule has 1 unspecified atom stereocenters. The molecule has 7 heteroatoms. The molecule has 1 aromatic heterocycles. The number of aromatic nitrogens is 1. The summed E-state index contributed by atoms with van der Waals surface area (Å²) in [5.74, 6) is -0.0269. The van der Waals surface area contributed by atoms with Crippen molar-refractivity contribution in [2.24, 2.45) is 0 Å². The first kappa shape index (κ1) is 12.1. The minimum Gasteiger partial charge on any atom is -0.389 e. The summed E-state index contributed by atoms with van der Waals surface area (Å²) in [5.41, 5.74) is 5.66. The fraction of sp³-hybridized carbons (Fsp3) is 0.600. The van der Waals surface area contributed by atoms with Gasteiger partial charge in [-0.15, -0.1) is 0 Å². The van der Waals surface area contributed by atoms with Crippen molar-refractivity contribution >= 4 is 27.4 Å². The van der Waals surface area contributed by atoms with Crippen LogP contribution < -0.4 is 16.0 Å². The summed E-state index contributed by atoms with van der Waals surface area (Å²) in [6.07, 6.45) is 1.62. The van der Waals surface area contributed by atoms with Crippen molar-refractivity contribution in [1.29, 1.82) is 0 Å². The number of morpholine rings is 1. The number of nitrogens with two attached hydrogens (primary N) is 1. The van der Waals surface area contributed by atoms with E-state index < -0.39 is 0 Å². The predicted molar refractivity (Wildman–Crippen MR) is 67.2 cm³/mol. The zero-order chi connectivity index (χ0) is 12.3. The van der Waals surface area contributed by atoms with Crippen molar-refractivity contribution in [1.82, 2.24) is 10.3 Å². The Morgan fingerprint density at radius 3 is 3.29 bits per heavy atom. The second-order valence-electron chi connectivity index (χ2n) is 3.72. The topological polar surface area (TPSA) is 80.5 Å². The molecular weight excluding hydrogens is 240 g/mol. The van der Waals surface area contributed by atoms with Crippen LogP contribution in [0.4, 0.5) is 10.1 Å². The van der Waals surface area contributed by atoms with Gasteiger partial charge in [0.25, 0.3) is 0 Å². The maximum absolute atomic E-state index is 11.9. The van der Waals surface area contributed by atoms with Crippen LogP contribution in [0.1, 0.15) is 6.92 Å². The van der Waals surface area contributed by atoms with Crippen molar-refractivity contribution in [2.45, 2.75) is 13.0 Å². The van der Waals surface area contributed by atoms with Crippen LogP contribution in [-0.2, 0) is 9.53 Å². The lowest BCUT2D eigenvalue weighted by Gasteiger charge is -2.34. The van der Waals surface area contributed by atoms with Gasteiger partial charge < -0.3 is 20.7 Å². The third-order valence-corrected chi connectivity index (χ3v) is 3.40. The number of carbonyl (C=O) groups is 1. The Balaban J connectivity index is 2.14. The van der Waals surface area contributed by atoms with Crippen LogP contribution in [0.5, 0.6) is 0 Å². The Morgan fingerprint density at radius 2 is 2.65 bits per heavy atom. The third-order valence-electron chi connectivity index (χ3n) is 2.54. The molecule has 6 nitrogen and oxygen atoms in total. The summed E-state index contributed by atoms with van der Waals surface area (Å²) in [5, 5.41) is 4.24. The van der Waals surface area contributed by atoms with Crippen molar-refractivity contribution in [3.8, 4) is 0 Å². The third kappa shape index (κ3) is 2.67. The maximum atomic E-state index is 11.9. The van der Waals surface area contributed by atoms with Gasteiger partial charge in [-0.3, -0.25) is 4.79 Å². The van der Waals surface area contributed by atoms with E-state index in [1.165, 1.54) is 11.3 Å². The molecule has 2 rings (SSSR count). The normalized spacial score (nSPS) is 20.3. The van der Waals surface area contributed by atoms with E-state index in [9.17, 15) is 4.79 Å². The van der Waals surface area contributed by atoms with Crippen molar-refractivity contribution in [2.75, 3.05) is 36.9 Å². The van der Waals surface area contributed by atoms with E-state index >= 15 is 0 Å². The van der Waals surface area contributed by atoms with E-state index in [1.54, 1.807) is 6.20 Å². The molecule has 0 bridgehead atoms. The van der Waals surface area contributed by atoms with Crippen LogP contribution in [0.3, 0.4) is 0 Å². The van der Waals surface area contributed by atoms with Crippen molar-refractivity contribution in [3.63, 3.8) is 0 Å². The minimum atomic E-state index is -0.311. The summed E-state index contributed by atoms with van der Waals surface area (Å²) in [6, 6.07) is -0.311. The number of hydrogen-bond donors (Lipinski definition) is 2. The highest BCUT2D eigenvalue weighted by atomic mass is 32.1. The number of ether oxygens (including phenoxy) is 1. The van der Waals surface area contributed by atoms with Crippen LogP contribution >= 0.6 is 11.3 Å². The molecule has 2 heterocycles. The molecule has 3 N–H and O–H groups in total. The standard InChI is InChI=1S/C10H16N4O2S/c1-2-12-9(15)7-6-16-4-3-14(7)10-13-5-8(11)17-10/h5,7H,2-4,6,11H2,1H3,(H,12,15). The van der Waals surface area contributed by atoms with E-state index in [2.05, 4.69) is 10.3 Å².